The molecular formula is C21H23ClN4O3. The van der Waals surface area contributed by atoms with Crippen LogP contribution in [0.2, 0.25) is 5.02 Å². The Kier molecular flexibility index (Phi) is 5.32. The lowest BCUT2D eigenvalue weighted by atomic mass is 9.78. The lowest BCUT2D eigenvalue weighted by Crippen LogP contribution is -2.48. The molecule has 2 aliphatic heterocycles. The molecule has 2 saturated heterocycles. The SMILES string of the molecule is COC(=O)Nc1ccc(N2CCCC3(CCN(c4ccccc4Cl)C3=O)C2)nc1. The zero-order valence-electron chi connectivity index (χ0n) is 16.2. The molecule has 1 aromatic carbocycles. The van der Waals surface area contributed by atoms with E-state index in [9.17, 15) is 9.59 Å². The molecule has 1 spiro atoms. The number of ether oxygens (including phenoxy) is 1. The van der Waals surface area contributed by atoms with E-state index < -0.39 is 11.5 Å². The maximum absolute atomic E-state index is 13.4. The molecule has 8 heteroatoms. The molecule has 0 saturated carbocycles. The minimum absolute atomic E-state index is 0.138. The fraction of sp³-hybridized carbons (Fsp3) is 0.381. The van der Waals surface area contributed by atoms with Gasteiger partial charge in [-0.05, 0) is 43.5 Å². The Morgan fingerprint density at radius 1 is 1.21 bits per heavy atom. The van der Waals surface area contributed by atoms with Gasteiger partial charge >= 0.3 is 6.09 Å². The number of amides is 2. The van der Waals surface area contributed by atoms with Crippen molar-refractivity contribution in [3.05, 3.63) is 47.6 Å². The molecule has 2 aromatic rings. The Morgan fingerprint density at radius 3 is 2.76 bits per heavy atom. The van der Waals surface area contributed by atoms with Crippen LogP contribution in [-0.2, 0) is 9.53 Å². The van der Waals surface area contributed by atoms with E-state index in [2.05, 4.69) is 19.9 Å². The Hall–Kier alpha value is -2.80. The third-order valence-electron chi connectivity index (χ3n) is 5.74. The Morgan fingerprint density at radius 2 is 2.03 bits per heavy atom. The number of benzene rings is 1. The summed E-state index contributed by atoms with van der Waals surface area (Å²) in [5.41, 5.74) is 0.931. The summed E-state index contributed by atoms with van der Waals surface area (Å²) in [4.78, 5) is 33.1. The first-order valence-corrected chi connectivity index (χ1v) is 10.0. The molecule has 4 rings (SSSR count). The molecule has 2 fully saturated rings. The van der Waals surface area contributed by atoms with Crippen molar-refractivity contribution in [3.63, 3.8) is 0 Å². The summed E-state index contributed by atoms with van der Waals surface area (Å²) in [7, 11) is 1.31. The van der Waals surface area contributed by atoms with E-state index in [0.29, 0.717) is 23.8 Å². The highest BCUT2D eigenvalue weighted by Crippen LogP contribution is 2.43. The molecule has 2 aliphatic rings. The Balaban J connectivity index is 1.50. The molecule has 29 heavy (non-hydrogen) atoms. The fourth-order valence-electron chi connectivity index (χ4n) is 4.24. The molecule has 0 bridgehead atoms. The van der Waals surface area contributed by atoms with Gasteiger partial charge in [0.05, 0.1) is 35.1 Å². The summed E-state index contributed by atoms with van der Waals surface area (Å²) in [6, 6.07) is 11.1. The van der Waals surface area contributed by atoms with Gasteiger partial charge < -0.3 is 14.5 Å². The van der Waals surface area contributed by atoms with Crippen molar-refractivity contribution in [3.8, 4) is 0 Å². The highest BCUT2D eigenvalue weighted by atomic mass is 35.5. The van der Waals surface area contributed by atoms with Gasteiger partial charge in [0.15, 0.2) is 0 Å². The predicted molar refractivity (Wildman–Crippen MR) is 113 cm³/mol. The monoisotopic (exact) mass is 414 g/mol. The summed E-state index contributed by atoms with van der Waals surface area (Å²) in [5, 5.41) is 3.19. The van der Waals surface area contributed by atoms with Crippen LogP contribution in [-0.4, -0.2) is 43.7 Å². The number of anilines is 3. The number of carbonyl (C=O) groups is 2. The van der Waals surface area contributed by atoms with Crippen LogP contribution in [0.15, 0.2) is 42.6 Å². The number of nitrogens with one attached hydrogen (secondary N) is 1. The molecule has 1 unspecified atom stereocenters. The number of nitrogens with zero attached hydrogens (tertiary/aromatic N) is 3. The number of rotatable bonds is 3. The first-order valence-electron chi connectivity index (χ1n) is 9.65. The first kappa shape index (κ1) is 19.5. The van der Waals surface area contributed by atoms with Crippen molar-refractivity contribution in [2.24, 2.45) is 5.41 Å². The van der Waals surface area contributed by atoms with E-state index in [1.165, 1.54) is 7.11 Å². The second-order valence-corrected chi connectivity index (χ2v) is 7.89. The quantitative estimate of drug-likeness (QED) is 0.823. The summed E-state index contributed by atoms with van der Waals surface area (Å²) in [5.74, 6) is 0.933. The summed E-state index contributed by atoms with van der Waals surface area (Å²) in [6.07, 6.45) is 3.65. The minimum atomic E-state index is -0.535. The summed E-state index contributed by atoms with van der Waals surface area (Å²) >= 11 is 6.33. The zero-order valence-corrected chi connectivity index (χ0v) is 17.0. The van der Waals surface area contributed by atoms with Gasteiger partial charge in [-0.15, -0.1) is 0 Å². The van der Waals surface area contributed by atoms with Crippen LogP contribution in [0.3, 0.4) is 0 Å². The number of halogens is 1. The third kappa shape index (κ3) is 3.74. The Labute approximate surface area is 174 Å². The zero-order chi connectivity index (χ0) is 20.4. The van der Waals surface area contributed by atoms with Crippen LogP contribution >= 0.6 is 11.6 Å². The average molecular weight is 415 g/mol. The van der Waals surface area contributed by atoms with Crippen LogP contribution in [0.25, 0.3) is 0 Å². The average Bonchev–Trinajstić information content (AvgIpc) is 3.04. The normalized spacial score (nSPS) is 21.5. The number of methoxy groups -OCH3 is 1. The second kappa shape index (κ2) is 7.91. The van der Waals surface area contributed by atoms with Gasteiger partial charge in [-0.2, -0.15) is 0 Å². The van der Waals surface area contributed by atoms with Gasteiger partial charge in [-0.25, -0.2) is 9.78 Å². The number of hydrogen-bond donors (Lipinski definition) is 1. The molecule has 1 aromatic heterocycles. The van der Waals surface area contributed by atoms with Crippen molar-refractivity contribution in [1.82, 2.24) is 4.98 Å². The van der Waals surface area contributed by atoms with Crippen molar-refractivity contribution in [2.75, 3.05) is 41.9 Å². The molecule has 1 N–H and O–H groups in total. The van der Waals surface area contributed by atoms with Gasteiger partial charge in [0, 0.05) is 19.6 Å². The van der Waals surface area contributed by atoms with Gasteiger partial charge in [0.25, 0.3) is 0 Å². The predicted octanol–water partition coefficient (Wildman–Crippen LogP) is 3.94. The van der Waals surface area contributed by atoms with Crippen LogP contribution < -0.4 is 15.1 Å². The van der Waals surface area contributed by atoms with Crippen LogP contribution in [0.1, 0.15) is 19.3 Å². The lowest BCUT2D eigenvalue weighted by Gasteiger charge is -2.39. The van der Waals surface area contributed by atoms with E-state index in [4.69, 9.17) is 11.6 Å². The Bertz CT molecular complexity index is 920. The first-order chi connectivity index (χ1) is 14.0. The van der Waals surface area contributed by atoms with Gasteiger partial charge in [0.1, 0.15) is 5.82 Å². The molecular weight excluding hydrogens is 392 g/mol. The third-order valence-corrected chi connectivity index (χ3v) is 6.06. The molecule has 0 aliphatic carbocycles. The largest absolute Gasteiger partial charge is 0.453 e. The number of piperidine rings is 1. The molecule has 7 nitrogen and oxygen atoms in total. The van der Waals surface area contributed by atoms with Crippen LogP contribution in [0, 0.1) is 5.41 Å². The maximum atomic E-state index is 13.4. The minimum Gasteiger partial charge on any atom is -0.453 e. The summed E-state index contributed by atoms with van der Waals surface area (Å²) in [6.45, 7) is 2.15. The number of hydrogen-bond acceptors (Lipinski definition) is 5. The molecule has 3 heterocycles. The molecule has 1 atom stereocenters. The van der Waals surface area contributed by atoms with Gasteiger partial charge in [-0.1, -0.05) is 23.7 Å². The van der Waals surface area contributed by atoms with Crippen LogP contribution in [0.4, 0.5) is 22.0 Å². The van der Waals surface area contributed by atoms with E-state index >= 15 is 0 Å². The van der Waals surface area contributed by atoms with Gasteiger partial charge in [-0.3, -0.25) is 10.1 Å². The number of aromatic nitrogens is 1. The van der Waals surface area contributed by atoms with Crippen molar-refractivity contribution >= 4 is 40.8 Å². The summed E-state index contributed by atoms with van der Waals surface area (Å²) < 4.78 is 4.59. The van der Waals surface area contributed by atoms with E-state index in [1.54, 1.807) is 12.3 Å². The molecule has 0 radical (unpaired) electrons. The van der Waals surface area contributed by atoms with Gasteiger partial charge in [0.2, 0.25) is 5.91 Å². The number of carbonyl (C=O) groups excluding carboxylic acids is 2. The van der Waals surface area contributed by atoms with E-state index in [0.717, 1.165) is 37.3 Å². The van der Waals surface area contributed by atoms with Crippen molar-refractivity contribution < 1.29 is 14.3 Å². The van der Waals surface area contributed by atoms with Crippen molar-refractivity contribution in [2.45, 2.75) is 19.3 Å². The lowest BCUT2D eigenvalue weighted by molar-refractivity contribution is -0.126. The highest BCUT2D eigenvalue weighted by molar-refractivity contribution is 6.34. The highest BCUT2D eigenvalue weighted by Gasteiger charge is 2.49. The maximum Gasteiger partial charge on any atom is 0.411 e. The standard InChI is InChI=1S/C21H23ClN4O3/c1-29-20(28)24-15-7-8-18(23-13-15)25-11-4-9-21(14-25)10-12-26(19(21)27)17-6-3-2-5-16(17)22/h2-3,5-8,13H,4,9-12,14H2,1H3,(H,24,28). The van der Waals surface area contributed by atoms with Crippen LogP contribution in [0.5, 0.6) is 0 Å². The molecule has 152 valence electrons. The number of para-hydroxylation sites is 1. The smallest absolute Gasteiger partial charge is 0.411 e. The molecule has 2 amide bonds. The van der Waals surface area contributed by atoms with E-state index in [-0.39, 0.29) is 5.91 Å². The topological polar surface area (TPSA) is 74.8 Å². The van der Waals surface area contributed by atoms with E-state index in [1.807, 2.05) is 35.2 Å². The second-order valence-electron chi connectivity index (χ2n) is 7.49. The number of pyridine rings is 1. The van der Waals surface area contributed by atoms with Crippen molar-refractivity contribution in [1.29, 1.82) is 0 Å². The fourth-order valence-corrected chi connectivity index (χ4v) is 4.48.